The smallest absolute Gasteiger partial charge is 0.0627 e. The van der Waals surface area contributed by atoms with E-state index in [0.29, 0.717) is 18.0 Å². The summed E-state index contributed by atoms with van der Waals surface area (Å²) >= 11 is 0. The predicted molar refractivity (Wildman–Crippen MR) is 80.4 cm³/mol. The second kappa shape index (κ2) is 7.09. The molecule has 0 saturated heterocycles. The van der Waals surface area contributed by atoms with E-state index in [1.54, 1.807) is 0 Å². The van der Waals surface area contributed by atoms with Gasteiger partial charge < -0.3 is 5.32 Å². The molecule has 1 aliphatic rings. The fourth-order valence-corrected chi connectivity index (χ4v) is 2.92. The van der Waals surface area contributed by atoms with Gasteiger partial charge in [-0.2, -0.15) is 5.10 Å². The highest BCUT2D eigenvalue weighted by atomic mass is 15.3. The Labute approximate surface area is 117 Å². The van der Waals surface area contributed by atoms with Crippen molar-refractivity contribution in [3.8, 4) is 0 Å². The molecule has 1 aromatic rings. The number of aromatic nitrogens is 2. The Bertz CT molecular complexity index is 364. The fourth-order valence-electron chi connectivity index (χ4n) is 2.92. The molecular weight excluding hydrogens is 234 g/mol. The van der Waals surface area contributed by atoms with E-state index in [2.05, 4.69) is 43.0 Å². The van der Waals surface area contributed by atoms with Gasteiger partial charge in [-0.1, -0.05) is 40.0 Å². The van der Waals surface area contributed by atoms with Crippen molar-refractivity contribution in [2.24, 2.45) is 5.92 Å². The van der Waals surface area contributed by atoms with Crippen LogP contribution in [0, 0.1) is 5.92 Å². The zero-order valence-electron chi connectivity index (χ0n) is 12.7. The summed E-state index contributed by atoms with van der Waals surface area (Å²) in [4.78, 5) is 0. The topological polar surface area (TPSA) is 29.9 Å². The van der Waals surface area contributed by atoms with E-state index in [1.165, 1.54) is 37.8 Å². The minimum absolute atomic E-state index is 0.574. The molecule has 1 fully saturated rings. The lowest BCUT2D eigenvalue weighted by molar-refractivity contribution is 0.422. The largest absolute Gasteiger partial charge is 0.314 e. The van der Waals surface area contributed by atoms with Gasteiger partial charge in [0.1, 0.15) is 0 Å². The van der Waals surface area contributed by atoms with E-state index in [1.807, 2.05) is 0 Å². The lowest BCUT2D eigenvalue weighted by atomic mass is 10.0. The summed E-state index contributed by atoms with van der Waals surface area (Å²) in [5, 5.41) is 8.34. The molecule has 3 heteroatoms. The van der Waals surface area contributed by atoms with Crippen molar-refractivity contribution in [3.05, 3.63) is 18.0 Å². The number of hydrogen-bond donors (Lipinski definition) is 1. The van der Waals surface area contributed by atoms with Crippen molar-refractivity contribution >= 4 is 0 Å². The Balaban J connectivity index is 1.86. The number of hydrogen-bond acceptors (Lipinski definition) is 2. The standard InChI is InChI=1S/C16H29N3/c1-4-14(12-17-13(2)3)11-15-9-10-19(18-15)16-7-5-6-8-16/h9-10,13-14,16-17H,4-8,11-12H2,1-3H3. The highest BCUT2D eigenvalue weighted by Crippen LogP contribution is 2.28. The van der Waals surface area contributed by atoms with Crippen LogP contribution in [0.4, 0.5) is 0 Å². The minimum Gasteiger partial charge on any atom is -0.314 e. The second-order valence-electron chi connectivity index (χ2n) is 6.27. The summed E-state index contributed by atoms with van der Waals surface area (Å²) < 4.78 is 2.21. The molecule has 0 spiro atoms. The van der Waals surface area contributed by atoms with Crippen LogP contribution in [-0.4, -0.2) is 22.4 Å². The average Bonchev–Trinajstić information content (AvgIpc) is 3.04. The van der Waals surface area contributed by atoms with Gasteiger partial charge in [0.15, 0.2) is 0 Å². The van der Waals surface area contributed by atoms with Crippen molar-refractivity contribution in [1.29, 1.82) is 0 Å². The van der Waals surface area contributed by atoms with Crippen LogP contribution in [0.3, 0.4) is 0 Å². The number of rotatable bonds is 7. The van der Waals surface area contributed by atoms with Crippen molar-refractivity contribution in [2.75, 3.05) is 6.54 Å². The van der Waals surface area contributed by atoms with Crippen LogP contribution in [0.2, 0.25) is 0 Å². The van der Waals surface area contributed by atoms with Crippen LogP contribution in [0.15, 0.2) is 12.3 Å². The van der Waals surface area contributed by atoms with Crippen molar-refractivity contribution in [3.63, 3.8) is 0 Å². The Kier molecular flexibility index (Phi) is 5.44. The van der Waals surface area contributed by atoms with Gasteiger partial charge in [0, 0.05) is 12.2 Å². The molecule has 1 unspecified atom stereocenters. The molecule has 3 nitrogen and oxygen atoms in total. The van der Waals surface area contributed by atoms with Gasteiger partial charge in [0.05, 0.1) is 11.7 Å². The van der Waals surface area contributed by atoms with Crippen LogP contribution in [0.25, 0.3) is 0 Å². The first-order chi connectivity index (χ1) is 9.19. The van der Waals surface area contributed by atoms with Crippen molar-refractivity contribution in [1.82, 2.24) is 15.1 Å². The highest BCUT2D eigenvalue weighted by Gasteiger charge is 2.18. The van der Waals surface area contributed by atoms with E-state index >= 15 is 0 Å². The zero-order chi connectivity index (χ0) is 13.7. The summed E-state index contributed by atoms with van der Waals surface area (Å²) in [6, 6.07) is 3.46. The van der Waals surface area contributed by atoms with Crippen LogP contribution in [0.1, 0.15) is 64.6 Å². The van der Waals surface area contributed by atoms with Gasteiger partial charge in [0.25, 0.3) is 0 Å². The van der Waals surface area contributed by atoms with E-state index < -0.39 is 0 Å². The van der Waals surface area contributed by atoms with Gasteiger partial charge in [-0.15, -0.1) is 0 Å². The summed E-state index contributed by atoms with van der Waals surface area (Å²) in [6.07, 6.45) is 9.88. The molecule has 0 radical (unpaired) electrons. The van der Waals surface area contributed by atoms with Crippen LogP contribution in [-0.2, 0) is 6.42 Å². The normalized spacial score (nSPS) is 18.3. The molecule has 0 aromatic carbocycles. The summed E-state index contributed by atoms with van der Waals surface area (Å²) in [6.45, 7) is 7.80. The third kappa shape index (κ3) is 4.34. The van der Waals surface area contributed by atoms with E-state index in [0.717, 1.165) is 13.0 Å². The molecule has 1 N–H and O–H groups in total. The van der Waals surface area contributed by atoms with Crippen LogP contribution in [0.5, 0.6) is 0 Å². The first-order valence-corrected chi connectivity index (χ1v) is 7.96. The SMILES string of the molecule is CCC(CNC(C)C)Cc1ccn(C2CCCC2)n1. The first kappa shape index (κ1) is 14.6. The maximum Gasteiger partial charge on any atom is 0.0627 e. The number of nitrogens with one attached hydrogen (secondary N) is 1. The molecule has 0 aliphatic heterocycles. The van der Waals surface area contributed by atoms with Gasteiger partial charge >= 0.3 is 0 Å². The number of nitrogens with zero attached hydrogens (tertiary/aromatic N) is 2. The van der Waals surface area contributed by atoms with Crippen molar-refractivity contribution < 1.29 is 0 Å². The van der Waals surface area contributed by atoms with Gasteiger partial charge in [0.2, 0.25) is 0 Å². The highest BCUT2D eigenvalue weighted by molar-refractivity contribution is 5.01. The van der Waals surface area contributed by atoms with Gasteiger partial charge in [-0.3, -0.25) is 4.68 Å². The van der Waals surface area contributed by atoms with Crippen LogP contribution < -0.4 is 5.32 Å². The van der Waals surface area contributed by atoms with E-state index in [9.17, 15) is 0 Å². The Morgan fingerprint density at radius 1 is 1.37 bits per heavy atom. The lowest BCUT2D eigenvalue weighted by Gasteiger charge is -2.16. The monoisotopic (exact) mass is 263 g/mol. The maximum absolute atomic E-state index is 4.80. The molecule has 1 saturated carbocycles. The lowest BCUT2D eigenvalue weighted by Crippen LogP contribution is -2.29. The molecule has 108 valence electrons. The molecule has 0 amide bonds. The minimum atomic E-state index is 0.574. The predicted octanol–water partition coefficient (Wildman–Crippen LogP) is 3.56. The molecule has 2 rings (SSSR count). The molecule has 1 aromatic heterocycles. The Morgan fingerprint density at radius 3 is 2.74 bits per heavy atom. The second-order valence-corrected chi connectivity index (χ2v) is 6.27. The molecule has 1 aliphatic carbocycles. The van der Waals surface area contributed by atoms with Gasteiger partial charge in [-0.05, 0) is 37.8 Å². The first-order valence-electron chi connectivity index (χ1n) is 7.96. The summed E-state index contributed by atoms with van der Waals surface area (Å²) in [5.74, 6) is 0.703. The van der Waals surface area contributed by atoms with E-state index in [4.69, 9.17) is 5.10 Å². The van der Waals surface area contributed by atoms with Crippen molar-refractivity contribution in [2.45, 2.75) is 71.4 Å². The molecule has 1 atom stereocenters. The molecule has 19 heavy (non-hydrogen) atoms. The third-order valence-electron chi connectivity index (χ3n) is 4.25. The average molecular weight is 263 g/mol. The Morgan fingerprint density at radius 2 is 2.11 bits per heavy atom. The van der Waals surface area contributed by atoms with E-state index in [-0.39, 0.29) is 0 Å². The van der Waals surface area contributed by atoms with Crippen LogP contribution >= 0.6 is 0 Å². The molecule has 0 bridgehead atoms. The quantitative estimate of drug-likeness (QED) is 0.815. The zero-order valence-corrected chi connectivity index (χ0v) is 12.7. The maximum atomic E-state index is 4.80. The fraction of sp³-hybridized carbons (Fsp3) is 0.812. The molecular formula is C16H29N3. The third-order valence-corrected chi connectivity index (χ3v) is 4.25. The molecule has 1 heterocycles. The van der Waals surface area contributed by atoms with Gasteiger partial charge in [-0.25, -0.2) is 0 Å². The Hall–Kier alpha value is -0.830. The summed E-state index contributed by atoms with van der Waals surface area (Å²) in [7, 11) is 0. The summed E-state index contributed by atoms with van der Waals surface area (Å²) in [5.41, 5.74) is 1.27.